The minimum atomic E-state index is 0.212. The molecule has 1 heterocycles. The Morgan fingerprint density at radius 2 is 2.33 bits per heavy atom. The second kappa shape index (κ2) is 4.23. The van der Waals surface area contributed by atoms with Crippen molar-refractivity contribution in [3.63, 3.8) is 0 Å². The molecule has 0 radical (unpaired) electrons. The molecule has 3 N–H and O–H groups in total. The number of hydrogen-bond acceptors (Lipinski definition) is 4. The molecular weight excluding hydrogens is 212 g/mol. The van der Waals surface area contributed by atoms with E-state index in [2.05, 4.69) is 22.2 Å². The van der Waals surface area contributed by atoms with Crippen molar-refractivity contribution in [1.82, 2.24) is 9.97 Å². The van der Waals surface area contributed by atoms with E-state index in [1.165, 1.54) is 19.3 Å². The third-order valence-electron chi connectivity index (χ3n) is 2.49. The molecule has 1 aromatic heterocycles. The average Bonchev–Trinajstić information content (AvgIpc) is 2.85. The molecule has 0 saturated heterocycles. The van der Waals surface area contributed by atoms with Gasteiger partial charge in [0.25, 0.3) is 0 Å². The topological polar surface area (TPSA) is 63.8 Å². The van der Waals surface area contributed by atoms with Crippen LogP contribution in [0.1, 0.15) is 26.2 Å². The van der Waals surface area contributed by atoms with E-state index in [0.29, 0.717) is 17.0 Å². The Balaban J connectivity index is 1.96. The average molecular weight is 227 g/mol. The maximum absolute atomic E-state index is 5.78. The molecule has 0 bridgehead atoms. The van der Waals surface area contributed by atoms with Gasteiger partial charge in [0.1, 0.15) is 11.0 Å². The van der Waals surface area contributed by atoms with E-state index in [0.717, 1.165) is 5.92 Å². The molecule has 2 rings (SSSR count). The Morgan fingerprint density at radius 3 is 2.93 bits per heavy atom. The number of hydrogen-bond donors (Lipinski definition) is 2. The standard InChI is InChI=1S/C10H15ClN4/c1-6(4-7-2-3-7)13-9-5-8(11)14-10(12)15-9/h5-7H,2-4H2,1H3,(H3,12,13,14,15). The summed E-state index contributed by atoms with van der Waals surface area (Å²) in [7, 11) is 0. The van der Waals surface area contributed by atoms with Gasteiger partial charge < -0.3 is 11.1 Å². The highest BCUT2D eigenvalue weighted by Crippen LogP contribution is 2.34. The zero-order chi connectivity index (χ0) is 10.8. The van der Waals surface area contributed by atoms with E-state index < -0.39 is 0 Å². The van der Waals surface area contributed by atoms with Gasteiger partial charge in [-0.05, 0) is 19.3 Å². The molecule has 4 nitrogen and oxygen atoms in total. The molecule has 82 valence electrons. The Kier molecular flexibility index (Phi) is 2.95. The summed E-state index contributed by atoms with van der Waals surface area (Å²) in [5.41, 5.74) is 5.50. The highest BCUT2D eigenvalue weighted by Gasteiger charge is 2.23. The van der Waals surface area contributed by atoms with Crippen molar-refractivity contribution in [2.45, 2.75) is 32.2 Å². The number of nitrogens with one attached hydrogen (secondary N) is 1. The zero-order valence-electron chi connectivity index (χ0n) is 8.70. The first kappa shape index (κ1) is 10.5. The Bertz CT molecular complexity index is 331. The molecule has 1 fully saturated rings. The smallest absolute Gasteiger partial charge is 0.223 e. The van der Waals surface area contributed by atoms with Crippen molar-refractivity contribution in [3.05, 3.63) is 11.2 Å². The molecule has 0 spiro atoms. The molecule has 0 aliphatic heterocycles. The molecular formula is C10H15ClN4. The van der Waals surface area contributed by atoms with Gasteiger partial charge in [-0.25, -0.2) is 4.98 Å². The summed E-state index contributed by atoms with van der Waals surface area (Å²) < 4.78 is 0. The minimum Gasteiger partial charge on any atom is -0.368 e. The lowest BCUT2D eigenvalue weighted by atomic mass is 10.1. The number of nitrogen functional groups attached to an aromatic ring is 1. The van der Waals surface area contributed by atoms with Crippen LogP contribution in [0.4, 0.5) is 11.8 Å². The summed E-state index contributed by atoms with van der Waals surface area (Å²) in [6.07, 6.45) is 3.90. The monoisotopic (exact) mass is 226 g/mol. The molecule has 1 aromatic rings. The van der Waals surface area contributed by atoms with E-state index in [1.807, 2.05) is 0 Å². The molecule has 5 heteroatoms. The van der Waals surface area contributed by atoms with E-state index in [9.17, 15) is 0 Å². The van der Waals surface area contributed by atoms with Gasteiger partial charge in [0, 0.05) is 12.1 Å². The van der Waals surface area contributed by atoms with Gasteiger partial charge in [0.15, 0.2) is 0 Å². The summed E-state index contributed by atoms with van der Waals surface area (Å²) in [6.45, 7) is 2.14. The van der Waals surface area contributed by atoms with Crippen molar-refractivity contribution in [3.8, 4) is 0 Å². The van der Waals surface area contributed by atoms with E-state index >= 15 is 0 Å². The lowest BCUT2D eigenvalue weighted by Crippen LogP contribution is -2.17. The number of rotatable bonds is 4. The fraction of sp³-hybridized carbons (Fsp3) is 0.600. The van der Waals surface area contributed by atoms with Gasteiger partial charge in [-0.3, -0.25) is 0 Å². The van der Waals surface area contributed by atoms with Crippen LogP contribution in [0.3, 0.4) is 0 Å². The van der Waals surface area contributed by atoms with Gasteiger partial charge >= 0.3 is 0 Å². The number of nitrogens with zero attached hydrogens (tertiary/aromatic N) is 2. The normalized spacial score (nSPS) is 17.5. The largest absolute Gasteiger partial charge is 0.368 e. The first-order chi connectivity index (χ1) is 7.13. The van der Waals surface area contributed by atoms with Crippen LogP contribution in [0, 0.1) is 5.92 Å². The predicted octanol–water partition coefficient (Wildman–Crippen LogP) is 2.31. The van der Waals surface area contributed by atoms with Crippen molar-refractivity contribution in [2.24, 2.45) is 5.92 Å². The molecule has 1 aliphatic carbocycles. The number of aromatic nitrogens is 2. The van der Waals surface area contributed by atoms with Crippen LogP contribution in [-0.2, 0) is 0 Å². The SMILES string of the molecule is CC(CC1CC1)Nc1cc(Cl)nc(N)n1. The summed E-state index contributed by atoms with van der Waals surface area (Å²) in [6, 6.07) is 2.10. The molecule has 0 amide bonds. The van der Waals surface area contributed by atoms with Gasteiger partial charge in [0.2, 0.25) is 5.95 Å². The van der Waals surface area contributed by atoms with Gasteiger partial charge in [-0.2, -0.15) is 4.98 Å². The predicted molar refractivity (Wildman–Crippen MR) is 61.9 cm³/mol. The summed E-state index contributed by atoms with van der Waals surface area (Å²) in [5.74, 6) is 1.81. The van der Waals surface area contributed by atoms with Gasteiger partial charge in [0.05, 0.1) is 0 Å². The van der Waals surface area contributed by atoms with Crippen LogP contribution in [0.2, 0.25) is 5.15 Å². The number of anilines is 2. The fourth-order valence-electron chi connectivity index (χ4n) is 1.67. The Labute approximate surface area is 94.2 Å². The number of halogens is 1. The first-order valence-electron chi connectivity index (χ1n) is 5.20. The lowest BCUT2D eigenvalue weighted by Gasteiger charge is -2.14. The minimum absolute atomic E-state index is 0.212. The zero-order valence-corrected chi connectivity index (χ0v) is 9.46. The Hall–Kier alpha value is -1.03. The van der Waals surface area contributed by atoms with Crippen LogP contribution in [-0.4, -0.2) is 16.0 Å². The summed E-state index contributed by atoms with van der Waals surface area (Å²) >= 11 is 5.78. The molecule has 1 atom stereocenters. The van der Waals surface area contributed by atoms with Crippen LogP contribution < -0.4 is 11.1 Å². The highest BCUT2D eigenvalue weighted by atomic mass is 35.5. The molecule has 1 saturated carbocycles. The van der Waals surface area contributed by atoms with Crippen molar-refractivity contribution >= 4 is 23.4 Å². The lowest BCUT2D eigenvalue weighted by molar-refractivity contribution is 0.640. The third kappa shape index (κ3) is 3.23. The maximum atomic E-state index is 5.78. The quantitative estimate of drug-likeness (QED) is 0.774. The molecule has 0 aromatic carbocycles. The van der Waals surface area contributed by atoms with Crippen molar-refractivity contribution < 1.29 is 0 Å². The second-order valence-electron chi connectivity index (χ2n) is 4.16. The first-order valence-corrected chi connectivity index (χ1v) is 5.58. The summed E-state index contributed by atoms with van der Waals surface area (Å²) in [4.78, 5) is 7.88. The number of nitrogens with two attached hydrogens (primary N) is 1. The Morgan fingerprint density at radius 1 is 1.60 bits per heavy atom. The van der Waals surface area contributed by atoms with E-state index in [4.69, 9.17) is 17.3 Å². The third-order valence-corrected chi connectivity index (χ3v) is 2.68. The van der Waals surface area contributed by atoms with Crippen LogP contribution >= 0.6 is 11.6 Å². The fourth-order valence-corrected chi connectivity index (χ4v) is 1.86. The molecule has 15 heavy (non-hydrogen) atoms. The molecule has 1 unspecified atom stereocenters. The second-order valence-corrected chi connectivity index (χ2v) is 4.55. The van der Waals surface area contributed by atoms with Crippen LogP contribution in [0.25, 0.3) is 0 Å². The van der Waals surface area contributed by atoms with Gasteiger partial charge in [-0.15, -0.1) is 0 Å². The van der Waals surface area contributed by atoms with E-state index in [-0.39, 0.29) is 5.95 Å². The summed E-state index contributed by atoms with van der Waals surface area (Å²) in [5, 5.41) is 3.66. The maximum Gasteiger partial charge on any atom is 0.223 e. The molecule has 1 aliphatic rings. The van der Waals surface area contributed by atoms with Crippen LogP contribution in [0.15, 0.2) is 6.07 Å². The van der Waals surface area contributed by atoms with Crippen LogP contribution in [0.5, 0.6) is 0 Å². The van der Waals surface area contributed by atoms with Crippen molar-refractivity contribution in [1.29, 1.82) is 0 Å². The highest BCUT2D eigenvalue weighted by molar-refractivity contribution is 6.29. The van der Waals surface area contributed by atoms with Crippen molar-refractivity contribution in [2.75, 3.05) is 11.1 Å². The van der Waals surface area contributed by atoms with Gasteiger partial charge in [-0.1, -0.05) is 24.4 Å². The van der Waals surface area contributed by atoms with E-state index in [1.54, 1.807) is 6.07 Å².